The number of nitrogens with zero attached hydrogens (tertiary/aromatic N) is 4. The Balaban J connectivity index is 1.74. The van der Waals surface area contributed by atoms with Crippen LogP contribution in [-0.2, 0) is 4.74 Å². The van der Waals surface area contributed by atoms with E-state index in [1.807, 2.05) is 4.90 Å². The summed E-state index contributed by atoms with van der Waals surface area (Å²) in [6.45, 7) is 3.23. The third kappa shape index (κ3) is 3.75. The lowest BCUT2D eigenvalue weighted by molar-refractivity contribution is 0.0347. The molecule has 1 aromatic rings. The Morgan fingerprint density at radius 2 is 1.91 bits per heavy atom. The molecule has 2 aliphatic rings. The zero-order chi connectivity index (χ0) is 16.2. The van der Waals surface area contributed by atoms with E-state index in [0.29, 0.717) is 29.8 Å². The number of aromatic nitrogens is 2. The van der Waals surface area contributed by atoms with Gasteiger partial charge in [-0.2, -0.15) is 0 Å². The average Bonchev–Trinajstić information content (AvgIpc) is 2.62. The Labute approximate surface area is 141 Å². The molecule has 7 heteroatoms. The summed E-state index contributed by atoms with van der Waals surface area (Å²) in [5.41, 5.74) is 0.318. The topological polar surface area (TPSA) is 58.6 Å². The van der Waals surface area contributed by atoms with E-state index < -0.39 is 0 Å². The third-order valence-corrected chi connectivity index (χ3v) is 4.91. The lowest BCUT2D eigenvalue weighted by Crippen LogP contribution is -2.41. The standard InChI is InChI=1S/C16H23ClN4O2/c1-23-12-5-9-20(10-6-12)15(22)14-13(17)11-18-16(19-14)21-7-3-2-4-8-21/h11-12H,2-10H2,1H3. The molecule has 0 unspecified atom stereocenters. The molecule has 0 radical (unpaired) electrons. The highest BCUT2D eigenvalue weighted by atomic mass is 35.5. The second-order valence-electron chi connectivity index (χ2n) is 6.14. The van der Waals surface area contributed by atoms with Crippen molar-refractivity contribution in [3.05, 3.63) is 16.9 Å². The maximum Gasteiger partial charge on any atom is 0.274 e. The van der Waals surface area contributed by atoms with Crippen molar-refractivity contribution >= 4 is 23.5 Å². The molecule has 3 rings (SSSR count). The summed E-state index contributed by atoms with van der Waals surface area (Å²) in [6, 6.07) is 0. The molecule has 0 atom stereocenters. The van der Waals surface area contributed by atoms with Crippen molar-refractivity contribution in [3.8, 4) is 0 Å². The molecule has 0 aliphatic carbocycles. The minimum atomic E-state index is -0.106. The first-order chi connectivity index (χ1) is 11.2. The lowest BCUT2D eigenvalue weighted by atomic mass is 10.1. The van der Waals surface area contributed by atoms with Crippen LogP contribution in [-0.4, -0.2) is 60.2 Å². The van der Waals surface area contributed by atoms with E-state index in [0.717, 1.165) is 38.8 Å². The van der Waals surface area contributed by atoms with Crippen molar-refractivity contribution in [1.82, 2.24) is 14.9 Å². The smallest absolute Gasteiger partial charge is 0.274 e. The minimum absolute atomic E-state index is 0.106. The minimum Gasteiger partial charge on any atom is -0.381 e. The summed E-state index contributed by atoms with van der Waals surface area (Å²) in [7, 11) is 1.72. The van der Waals surface area contributed by atoms with Gasteiger partial charge in [-0.25, -0.2) is 9.97 Å². The van der Waals surface area contributed by atoms with Crippen molar-refractivity contribution in [3.63, 3.8) is 0 Å². The SMILES string of the molecule is COC1CCN(C(=O)c2nc(N3CCCCC3)ncc2Cl)CC1. The molecule has 1 aromatic heterocycles. The van der Waals surface area contributed by atoms with Gasteiger partial charge in [0.15, 0.2) is 5.69 Å². The first kappa shape index (κ1) is 16.5. The highest BCUT2D eigenvalue weighted by Crippen LogP contribution is 2.22. The number of halogens is 1. The molecule has 0 spiro atoms. The number of anilines is 1. The summed E-state index contributed by atoms with van der Waals surface area (Å²) >= 11 is 6.19. The van der Waals surface area contributed by atoms with Crippen LogP contribution in [0, 0.1) is 0 Å². The number of ether oxygens (including phenoxy) is 1. The van der Waals surface area contributed by atoms with Crippen LogP contribution in [0.1, 0.15) is 42.6 Å². The fraction of sp³-hybridized carbons (Fsp3) is 0.688. The van der Waals surface area contributed by atoms with E-state index in [1.165, 1.54) is 6.42 Å². The molecular formula is C16H23ClN4O2. The summed E-state index contributed by atoms with van der Waals surface area (Å²) in [5, 5.41) is 0.324. The molecule has 0 bridgehead atoms. The van der Waals surface area contributed by atoms with E-state index in [9.17, 15) is 4.79 Å². The largest absolute Gasteiger partial charge is 0.381 e. The Morgan fingerprint density at radius 3 is 2.57 bits per heavy atom. The quantitative estimate of drug-likeness (QED) is 0.846. The number of methoxy groups -OCH3 is 1. The number of carbonyl (C=O) groups excluding carboxylic acids is 1. The normalized spacial score (nSPS) is 19.9. The van der Waals surface area contributed by atoms with Gasteiger partial charge in [0.2, 0.25) is 5.95 Å². The van der Waals surface area contributed by atoms with Crippen LogP contribution < -0.4 is 4.90 Å². The number of hydrogen-bond acceptors (Lipinski definition) is 5. The van der Waals surface area contributed by atoms with E-state index in [2.05, 4.69) is 14.9 Å². The maximum absolute atomic E-state index is 12.7. The highest BCUT2D eigenvalue weighted by Gasteiger charge is 2.27. The number of amides is 1. The fourth-order valence-electron chi connectivity index (χ4n) is 3.20. The number of carbonyl (C=O) groups is 1. The van der Waals surface area contributed by atoms with Crippen LogP contribution in [0.15, 0.2) is 6.20 Å². The van der Waals surface area contributed by atoms with E-state index >= 15 is 0 Å². The first-order valence-electron chi connectivity index (χ1n) is 8.28. The van der Waals surface area contributed by atoms with Gasteiger partial charge in [-0.3, -0.25) is 4.79 Å². The third-order valence-electron chi connectivity index (χ3n) is 4.64. The van der Waals surface area contributed by atoms with Gasteiger partial charge >= 0.3 is 0 Å². The Hall–Kier alpha value is -1.40. The van der Waals surface area contributed by atoms with E-state index in [4.69, 9.17) is 16.3 Å². The highest BCUT2D eigenvalue weighted by molar-refractivity contribution is 6.33. The van der Waals surface area contributed by atoms with Crippen molar-refractivity contribution in [2.45, 2.75) is 38.2 Å². The molecule has 2 aliphatic heterocycles. The number of hydrogen-bond donors (Lipinski definition) is 0. The summed E-state index contributed by atoms with van der Waals surface area (Å²) < 4.78 is 5.35. The van der Waals surface area contributed by atoms with Gasteiger partial charge in [-0.1, -0.05) is 11.6 Å². The molecule has 3 heterocycles. The molecule has 6 nitrogen and oxygen atoms in total. The van der Waals surface area contributed by atoms with Crippen molar-refractivity contribution in [2.75, 3.05) is 38.2 Å². The van der Waals surface area contributed by atoms with Gasteiger partial charge in [0.1, 0.15) is 0 Å². The van der Waals surface area contributed by atoms with Crippen molar-refractivity contribution < 1.29 is 9.53 Å². The number of rotatable bonds is 3. The first-order valence-corrected chi connectivity index (χ1v) is 8.66. The molecule has 23 heavy (non-hydrogen) atoms. The molecule has 0 N–H and O–H groups in total. The molecule has 2 fully saturated rings. The van der Waals surface area contributed by atoms with E-state index in [-0.39, 0.29) is 12.0 Å². The molecule has 0 aromatic carbocycles. The van der Waals surface area contributed by atoms with Crippen LogP contribution in [0.2, 0.25) is 5.02 Å². The van der Waals surface area contributed by atoms with Crippen molar-refractivity contribution in [2.24, 2.45) is 0 Å². The van der Waals surface area contributed by atoms with Crippen LogP contribution in [0.4, 0.5) is 5.95 Å². The summed E-state index contributed by atoms with van der Waals surface area (Å²) in [5.74, 6) is 0.509. The van der Waals surface area contributed by atoms with Crippen LogP contribution in [0.3, 0.4) is 0 Å². The van der Waals surface area contributed by atoms with Crippen LogP contribution in [0.25, 0.3) is 0 Å². The van der Waals surface area contributed by atoms with Gasteiger partial charge in [0, 0.05) is 33.3 Å². The van der Waals surface area contributed by atoms with Gasteiger partial charge < -0.3 is 14.5 Å². The summed E-state index contributed by atoms with van der Waals surface area (Å²) in [6.07, 6.45) is 7.01. The Morgan fingerprint density at radius 1 is 1.22 bits per heavy atom. The van der Waals surface area contributed by atoms with Gasteiger partial charge in [0.05, 0.1) is 17.3 Å². The fourth-order valence-corrected chi connectivity index (χ4v) is 3.37. The molecule has 126 valence electrons. The second-order valence-corrected chi connectivity index (χ2v) is 6.55. The predicted molar refractivity (Wildman–Crippen MR) is 89.0 cm³/mol. The predicted octanol–water partition coefficient (Wildman–Crippen LogP) is 2.37. The zero-order valence-corrected chi connectivity index (χ0v) is 14.3. The average molecular weight is 339 g/mol. The molecule has 0 saturated carbocycles. The van der Waals surface area contributed by atoms with Crippen molar-refractivity contribution in [1.29, 1.82) is 0 Å². The monoisotopic (exact) mass is 338 g/mol. The second kappa shape index (κ2) is 7.45. The van der Waals surface area contributed by atoms with Gasteiger partial charge in [-0.05, 0) is 32.1 Å². The van der Waals surface area contributed by atoms with Gasteiger partial charge in [-0.15, -0.1) is 0 Å². The van der Waals surface area contributed by atoms with Crippen LogP contribution in [0.5, 0.6) is 0 Å². The van der Waals surface area contributed by atoms with Gasteiger partial charge in [0.25, 0.3) is 5.91 Å². The Bertz CT molecular complexity index is 555. The van der Waals surface area contributed by atoms with E-state index in [1.54, 1.807) is 13.3 Å². The van der Waals surface area contributed by atoms with Crippen LogP contribution >= 0.6 is 11.6 Å². The number of likely N-dealkylation sites (tertiary alicyclic amines) is 1. The zero-order valence-electron chi connectivity index (χ0n) is 13.5. The molecule has 2 saturated heterocycles. The molecular weight excluding hydrogens is 316 g/mol. The summed E-state index contributed by atoms with van der Waals surface area (Å²) in [4.78, 5) is 25.5. The maximum atomic E-state index is 12.7. The molecule has 1 amide bonds. The number of piperidine rings is 2. The lowest BCUT2D eigenvalue weighted by Gasteiger charge is -2.31. The Kier molecular flexibility index (Phi) is 5.33.